The summed E-state index contributed by atoms with van der Waals surface area (Å²) >= 11 is 28.0. The third-order valence-electron chi connectivity index (χ3n) is 8.67. The number of esters is 2. The van der Waals surface area contributed by atoms with Gasteiger partial charge in [0, 0.05) is 54.1 Å². The Labute approximate surface area is 324 Å². The topological polar surface area (TPSA) is 95.8 Å². The molecule has 2 aliphatic heterocycles. The van der Waals surface area contributed by atoms with Crippen molar-refractivity contribution < 1.29 is 28.7 Å². The summed E-state index contributed by atoms with van der Waals surface area (Å²) in [6.07, 6.45) is 1.11. The maximum absolute atomic E-state index is 11.8. The number of oxime groups is 2. The van der Waals surface area contributed by atoms with Crippen molar-refractivity contribution in [3.63, 3.8) is 0 Å². The molecule has 8 nitrogen and oxygen atoms in total. The molecule has 2 heterocycles. The molecule has 4 aromatic rings. The van der Waals surface area contributed by atoms with Crippen LogP contribution < -0.4 is 0 Å². The predicted molar refractivity (Wildman–Crippen MR) is 205 cm³/mol. The van der Waals surface area contributed by atoms with Gasteiger partial charge in [0.2, 0.25) is 0 Å². The van der Waals surface area contributed by atoms with E-state index in [2.05, 4.69) is 26.2 Å². The van der Waals surface area contributed by atoms with Crippen molar-refractivity contribution in [1.82, 2.24) is 0 Å². The molecule has 0 bridgehead atoms. The van der Waals surface area contributed by atoms with Gasteiger partial charge >= 0.3 is 11.9 Å². The predicted octanol–water partition coefficient (Wildman–Crippen LogP) is 11.0. The van der Waals surface area contributed by atoms with Gasteiger partial charge in [-0.1, -0.05) is 78.7 Å². The Bertz CT molecular complexity index is 2060. The average Bonchev–Trinajstić information content (AvgIpc) is 3.69. The Morgan fingerprint density at radius 1 is 0.667 bits per heavy atom. The smallest absolute Gasteiger partial charge is 0.338 e. The summed E-state index contributed by atoms with van der Waals surface area (Å²) in [5, 5.41) is 10.7. The molecule has 6 rings (SSSR count). The van der Waals surface area contributed by atoms with E-state index in [4.69, 9.17) is 65.6 Å². The number of nitrogens with zero attached hydrogens (tertiary/aromatic N) is 2. The van der Waals surface area contributed by atoms with E-state index in [9.17, 15) is 9.59 Å². The van der Waals surface area contributed by atoms with Crippen molar-refractivity contribution in [2.75, 3.05) is 14.2 Å². The fourth-order valence-electron chi connectivity index (χ4n) is 5.82. The van der Waals surface area contributed by atoms with Crippen LogP contribution in [-0.4, -0.2) is 37.6 Å². The first-order chi connectivity index (χ1) is 24.0. The van der Waals surface area contributed by atoms with E-state index in [-0.39, 0.29) is 11.9 Å². The highest BCUT2D eigenvalue weighted by molar-refractivity contribution is 9.10. The highest BCUT2D eigenvalue weighted by Crippen LogP contribution is 2.40. The third kappa shape index (κ3) is 8.56. The summed E-state index contributed by atoms with van der Waals surface area (Å²) < 4.78 is 10.3. The van der Waals surface area contributed by atoms with Gasteiger partial charge < -0.3 is 19.1 Å². The number of carbonyl (C=O) groups is 2. The summed E-state index contributed by atoms with van der Waals surface area (Å²) in [5.74, 6) is -0.732. The fraction of sp³-hybridized carbons (Fsp3) is 0.263. The van der Waals surface area contributed by atoms with Crippen molar-refractivity contribution in [3.05, 3.63) is 136 Å². The Hall–Kier alpha value is -3.60. The number of rotatable bonds is 6. The molecule has 0 N–H and O–H groups in total. The van der Waals surface area contributed by atoms with Crippen LogP contribution in [0.5, 0.6) is 0 Å². The maximum atomic E-state index is 11.8. The number of carbonyl (C=O) groups excluding carboxylic acids is 2. The molecule has 0 spiro atoms. The second-order valence-electron chi connectivity index (χ2n) is 12.5. The van der Waals surface area contributed by atoms with Crippen LogP contribution in [0.1, 0.15) is 80.8 Å². The first kappa shape index (κ1) is 38.6. The Morgan fingerprint density at radius 3 is 1.61 bits per heavy atom. The molecule has 0 saturated carbocycles. The minimum atomic E-state index is -0.668. The summed E-state index contributed by atoms with van der Waals surface area (Å²) in [4.78, 5) is 35.0. The SMILES string of the molecule is COC(=O)c1cc(Br)c(C2=NOC(C)(c3cc(Cl)cc(Cl)c3)C2)cc1C.COC(=O)c1ccc(C2=NOC(C)(c3cc(Cl)cc(Cl)c3)C2)cc1C. The van der Waals surface area contributed by atoms with E-state index in [0.29, 0.717) is 44.1 Å². The zero-order chi connectivity index (χ0) is 37.2. The zero-order valence-electron chi connectivity index (χ0n) is 28.5. The molecule has 0 radical (unpaired) electrons. The summed E-state index contributed by atoms with van der Waals surface area (Å²) in [7, 11) is 2.73. The first-order valence-corrected chi connectivity index (χ1v) is 17.9. The van der Waals surface area contributed by atoms with E-state index < -0.39 is 11.2 Å². The van der Waals surface area contributed by atoms with Crippen LogP contribution in [-0.2, 0) is 30.4 Å². The number of aryl methyl sites for hydroxylation is 2. The molecule has 266 valence electrons. The van der Waals surface area contributed by atoms with Gasteiger partial charge in [0.05, 0.1) is 36.8 Å². The lowest BCUT2D eigenvalue weighted by molar-refractivity contribution is -0.00755. The molecule has 4 aromatic carbocycles. The molecule has 0 amide bonds. The number of halogens is 5. The lowest BCUT2D eigenvalue weighted by atomic mass is 9.88. The van der Waals surface area contributed by atoms with Gasteiger partial charge in [0.25, 0.3) is 0 Å². The highest BCUT2D eigenvalue weighted by atomic mass is 79.9. The zero-order valence-corrected chi connectivity index (χ0v) is 33.1. The first-order valence-electron chi connectivity index (χ1n) is 15.6. The number of ether oxygens (including phenoxy) is 2. The van der Waals surface area contributed by atoms with Crippen LogP contribution in [0.15, 0.2) is 81.5 Å². The fourth-order valence-corrected chi connectivity index (χ4v) is 7.45. The molecule has 2 unspecified atom stereocenters. The van der Waals surface area contributed by atoms with Crippen LogP contribution in [0.2, 0.25) is 20.1 Å². The van der Waals surface area contributed by atoms with Crippen molar-refractivity contribution >= 4 is 85.7 Å². The van der Waals surface area contributed by atoms with Gasteiger partial charge in [0.15, 0.2) is 11.2 Å². The normalized spacial score (nSPS) is 19.2. The molecule has 0 saturated heterocycles. The molecule has 2 atom stereocenters. The number of methoxy groups -OCH3 is 2. The number of benzene rings is 4. The third-order valence-corrected chi connectivity index (χ3v) is 10.2. The van der Waals surface area contributed by atoms with Crippen LogP contribution in [0.25, 0.3) is 0 Å². The molecular weight excluding hydrogens is 802 g/mol. The molecule has 13 heteroatoms. The average molecular weight is 835 g/mol. The summed E-state index contributed by atoms with van der Waals surface area (Å²) in [5.41, 5.74) is 6.43. The largest absolute Gasteiger partial charge is 0.465 e. The second-order valence-corrected chi connectivity index (χ2v) is 15.1. The molecule has 51 heavy (non-hydrogen) atoms. The second kappa shape index (κ2) is 15.6. The van der Waals surface area contributed by atoms with E-state index >= 15 is 0 Å². The van der Waals surface area contributed by atoms with E-state index in [1.54, 1.807) is 24.3 Å². The van der Waals surface area contributed by atoms with E-state index in [0.717, 1.165) is 49.3 Å². The number of hydrogen-bond donors (Lipinski definition) is 0. The van der Waals surface area contributed by atoms with Gasteiger partial charge in [-0.3, -0.25) is 0 Å². The van der Waals surface area contributed by atoms with Gasteiger partial charge in [-0.2, -0.15) is 0 Å². The quantitative estimate of drug-likeness (QED) is 0.180. The summed E-state index contributed by atoms with van der Waals surface area (Å²) in [6.45, 7) is 7.60. The van der Waals surface area contributed by atoms with Crippen molar-refractivity contribution in [3.8, 4) is 0 Å². The summed E-state index contributed by atoms with van der Waals surface area (Å²) in [6, 6.07) is 19.8. The van der Waals surface area contributed by atoms with E-state index in [1.807, 2.05) is 70.2 Å². The van der Waals surface area contributed by atoms with Gasteiger partial charge in [-0.05, 0) is 105 Å². The van der Waals surface area contributed by atoms with Crippen molar-refractivity contribution in [2.45, 2.75) is 51.7 Å². The Morgan fingerprint density at radius 2 is 1.12 bits per heavy atom. The van der Waals surface area contributed by atoms with Crippen LogP contribution in [0.3, 0.4) is 0 Å². The molecule has 0 aliphatic carbocycles. The molecule has 0 aromatic heterocycles. The molecule has 0 fully saturated rings. The van der Waals surface area contributed by atoms with Crippen molar-refractivity contribution in [1.29, 1.82) is 0 Å². The Kier molecular flexibility index (Phi) is 11.8. The minimum Gasteiger partial charge on any atom is -0.465 e. The molecule has 2 aliphatic rings. The standard InChI is InChI=1S/C19H16BrCl2NO3.C19H17Cl2NO3/c1-10-4-15(16(20)8-14(10)18(24)25-3)17-9-19(2,26-23-17)11-5-12(21)7-13(22)6-11;1-11-6-12(4-5-16(11)18(23)24-3)17-10-19(2,25-22-17)13-7-14(20)9-15(21)8-13/h4-8H,9H2,1-3H3;4-9H,10H2,1-3H3. The lowest BCUT2D eigenvalue weighted by Gasteiger charge is -2.22. The van der Waals surface area contributed by atoms with Crippen molar-refractivity contribution in [2.24, 2.45) is 10.3 Å². The van der Waals surface area contributed by atoms with Crippen LogP contribution in [0.4, 0.5) is 0 Å². The highest BCUT2D eigenvalue weighted by Gasteiger charge is 2.39. The monoisotopic (exact) mass is 832 g/mol. The van der Waals surface area contributed by atoms with E-state index in [1.165, 1.54) is 14.2 Å². The molecular formula is C38H33BrCl4N2O6. The Balaban J connectivity index is 0.000000198. The van der Waals surface area contributed by atoms with Crippen LogP contribution >= 0.6 is 62.3 Å². The van der Waals surface area contributed by atoms with Crippen LogP contribution in [0, 0.1) is 13.8 Å². The van der Waals surface area contributed by atoms with Gasteiger partial charge in [-0.15, -0.1) is 0 Å². The van der Waals surface area contributed by atoms with Gasteiger partial charge in [0.1, 0.15) is 0 Å². The maximum Gasteiger partial charge on any atom is 0.338 e. The lowest BCUT2D eigenvalue weighted by Crippen LogP contribution is -2.22. The minimum absolute atomic E-state index is 0.355. The van der Waals surface area contributed by atoms with Gasteiger partial charge in [-0.25, -0.2) is 9.59 Å². The number of hydrogen-bond acceptors (Lipinski definition) is 8.